The van der Waals surface area contributed by atoms with Gasteiger partial charge in [-0.15, -0.1) is 0 Å². The lowest BCUT2D eigenvalue weighted by molar-refractivity contribution is -0.137. The molecule has 0 amide bonds. The van der Waals surface area contributed by atoms with Crippen LogP contribution in [0.1, 0.15) is 27.0 Å². The van der Waals surface area contributed by atoms with E-state index in [1.165, 1.54) is 19.1 Å². The number of nitrogens with one attached hydrogen (secondary N) is 2. The van der Waals surface area contributed by atoms with Gasteiger partial charge in [-0.1, -0.05) is 24.1 Å². The van der Waals surface area contributed by atoms with E-state index in [4.69, 9.17) is 4.74 Å². The van der Waals surface area contributed by atoms with Gasteiger partial charge in [0.15, 0.2) is 6.29 Å². The highest BCUT2D eigenvalue weighted by molar-refractivity contribution is 7.99. The Bertz CT molecular complexity index is 1220. The van der Waals surface area contributed by atoms with Crippen LogP contribution in [0.4, 0.5) is 40.7 Å². The molecule has 0 saturated carbocycles. The maximum Gasteiger partial charge on any atom is 0.421 e. The maximum atomic E-state index is 14.1. The third-order valence-electron chi connectivity index (χ3n) is 5.09. The Balaban J connectivity index is 1.96. The number of aromatic nitrogens is 2. The van der Waals surface area contributed by atoms with E-state index in [-0.39, 0.29) is 29.5 Å². The summed E-state index contributed by atoms with van der Waals surface area (Å²) in [5.41, 5.74) is 1.39. The minimum absolute atomic E-state index is 0.0451. The molecule has 2 aromatic carbocycles. The molecule has 0 spiro atoms. The van der Waals surface area contributed by atoms with Gasteiger partial charge in [0.05, 0.1) is 24.0 Å². The predicted octanol–water partition coefficient (Wildman–Crippen LogP) is 5.83. The normalized spacial score (nSPS) is 11.2. The fourth-order valence-corrected chi connectivity index (χ4v) is 3.59. The SMILES string of the molecule is COc1cc(C=O)c(F)cc1Nc1ncc(C(F)(F)F)c(NCc2ccc(C)cc2N(C)SC)n1. The molecule has 7 nitrogen and oxygen atoms in total. The molecule has 1 heterocycles. The number of carbonyl (C=O) groups excluding carboxylic acids is 1. The van der Waals surface area contributed by atoms with Gasteiger partial charge in [0, 0.05) is 32.1 Å². The van der Waals surface area contributed by atoms with Crippen molar-refractivity contribution in [3.05, 3.63) is 64.6 Å². The lowest BCUT2D eigenvalue weighted by Gasteiger charge is -2.21. The third kappa shape index (κ3) is 6.13. The minimum Gasteiger partial charge on any atom is -0.495 e. The number of carbonyl (C=O) groups is 1. The lowest BCUT2D eigenvalue weighted by Crippen LogP contribution is -2.16. The number of rotatable bonds is 9. The molecule has 0 saturated heterocycles. The van der Waals surface area contributed by atoms with Crippen LogP contribution in [0.3, 0.4) is 0 Å². The fourth-order valence-electron chi connectivity index (χ4n) is 3.22. The van der Waals surface area contributed by atoms with Crippen LogP contribution >= 0.6 is 11.9 Å². The van der Waals surface area contributed by atoms with E-state index < -0.39 is 23.4 Å². The third-order valence-corrected chi connectivity index (χ3v) is 5.83. The number of hydrogen-bond donors (Lipinski definition) is 2. The number of aryl methyl sites for hydroxylation is 1. The molecular weight excluding hydrogens is 486 g/mol. The molecule has 0 radical (unpaired) electrons. The zero-order valence-corrected chi connectivity index (χ0v) is 20.1. The number of benzene rings is 2. The average molecular weight is 510 g/mol. The zero-order valence-electron chi connectivity index (χ0n) is 19.3. The summed E-state index contributed by atoms with van der Waals surface area (Å²) in [6, 6.07) is 7.79. The Hall–Kier alpha value is -3.54. The van der Waals surface area contributed by atoms with Gasteiger partial charge in [-0.2, -0.15) is 18.2 Å². The van der Waals surface area contributed by atoms with Crippen molar-refractivity contribution in [3.63, 3.8) is 0 Å². The number of anilines is 4. The number of methoxy groups -OCH3 is 1. The maximum absolute atomic E-state index is 14.1. The fraction of sp³-hybridized carbons (Fsp3) is 0.261. The van der Waals surface area contributed by atoms with E-state index in [1.54, 1.807) is 0 Å². The summed E-state index contributed by atoms with van der Waals surface area (Å²) >= 11 is 1.47. The highest BCUT2D eigenvalue weighted by atomic mass is 32.2. The summed E-state index contributed by atoms with van der Waals surface area (Å²) in [6.07, 6.45) is -1.85. The first-order valence-electron chi connectivity index (χ1n) is 10.2. The van der Waals surface area contributed by atoms with Gasteiger partial charge >= 0.3 is 6.18 Å². The molecule has 0 aliphatic heterocycles. The lowest BCUT2D eigenvalue weighted by atomic mass is 10.1. The number of halogens is 4. The summed E-state index contributed by atoms with van der Waals surface area (Å²) < 4.78 is 62.1. The number of alkyl halides is 3. The molecule has 0 aliphatic carbocycles. The van der Waals surface area contributed by atoms with E-state index in [1.807, 2.05) is 42.7 Å². The van der Waals surface area contributed by atoms with Crippen LogP contribution in [-0.4, -0.2) is 36.7 Å². The van der Waals surface area contributed by atoms with Gasteiger partial charge in [-0.05, 0) is 30.2 Å². The van der Waals surface area contributed by atoms with E-state index in [9.17, 15) is 22.4 Å². The van der Waals surface area contributed by atoms with Crippen molar-refractivity contribution in [1.82, 2.24) is 9.97 Å². The number of nitrogens with zero attached hydrogens (tertiary/aromatic N) is 3. The molecule has 3 aromatic rings. The van der Waals surface area contributed by atoms with Crippen molar-refractivity contribution in [2.75, 3.05) is 35.4 Å². The summed E-state index contributed by atoms with van der Waals surface area (Å²) in [5.74, 6) is -1.41. The van der Waals surface area contributed by atoms with Crippen molar-refractivity contribution >= 4 is 41.4 Å². The Morgan fingerprint density at radius 3 is 2.60 bits per heavy atom. The minimum atomic E-state index is -4.71. The molecule has 0 atom stereocenters. The molecule has 1 aromatic heterocycles. The van der Waals surface area contributed by atoms with Crippen LogP contribution in [-0.2, 0) is 12.7 Å². The monoisotopic (exact) mass is 509 g/mol. The average Bonchev–Trinajstić information content (AvgIpc) is 2.82. The van der Waals surface area contributed by atoms with Gasteiger partial charge in [0.2, 0.25) is 5.95 Å². The van der Waals surface area contributed by atoms with Crippen molar-refractivity contribution in [1.29, 1.82) is 0 Å². The van der Waals surface area contributed by atoms with E-state index in [0.717, 1.165) is 28.9 Å². The molecule has 2 N–H and O–H groups in total. The first kappa shape index (κ1) is 26.1. The quantitative estimate of drug-likeness (QED) is 0.212. The van der Waals surface area contributed by atoms with Crippen LogP contribution in [0.15, 0.2) is 36.5 Å². The first-order chi connectivity index (χ1) is 16.6. The molecule has 35 heavy (non-hydrogen) atoms. The summed E-state index contributed by atoms with van der Waals surface area (Å²) in [6.45, 7) is 1.99. The van der Waals surface area contributed by atoms with Crippen molar-refractivity contribution in [2.45, 2.75) is 19.6 Å². The summed E-state index contributed by atoms with van der Waals surface area (Å²) in [5, 5.41) is 5.42. The molecule has 0 aliphatic rings. The number of hydrogen-bond acceptors (Lipinski definition) is 8. The van der Waals surface area contributed by atoms with Crippen LogP contribution < -0.4 is 19.7 Å². The van der Waals surface area contributed by atoms with Gasteiger partial charge in [-0.3, -0.25) is 4.79 Å². The van der Waals surface area contributed by atoms with Crippen LogP contribution in [0, 0.1) is 12.7 Å². The highest BCUT2D eigenvalue weighted by Crippen LogP contribution is 2.36. The molecule has 186 valence electrons. The largest absolute Gasteiger partial charge is 0.495 e. The summed E-state index contributed by atoms with van der Waals surface area (Å²) in [4.78, 5) is 18.7. The van der Waals surface area contributed by atoms with Crippen molar-refractivity contribution in [3.8, 4) is 5.75 Å². The second-order valence-corrected chi connectivity index (χ2v) is 8.35. The second-order valence-electron chi connectivity index (χ2n) is 7.44. The predicted molar refractivity (Wildman–Crippen MR) is 129 cm³/mol. The van der Waals surface area contributed by atoms with E-state index in [2.05, 4.69) is 20.6 Å². The Morgan fingerprint density at radius 2 is 1.97 bits per heavy atom. The highest BCUT2D eigenvalue weighted by Gasteiger charge is 2.35. The smallest absolute Gasteiger partial charge is 0.421 e. The Morgan fingerprint density at radius 1 is 1.23 bits per heavy atom. The van der Waals surface area contributed by atoms with Crippen molar-refractivity contribution < 1.29 is 27.1 Å². The number of ether oxygens (including phenoxy) is 1. The van der Waals surface area contributed by atoms with Crippen molar-refractivity contribution in [2.24, 2.45) is 0 Å². The standard InChI is InChI=1S/C23H23F4N5O2S/c1-13-5-6-14(19(7-13)32(2)35-4)10-28-21-16(23(25,26)27)11-29-22(31-21)30-18-9-17(24)15(12-33)8-20(18)34-3/h5-9,11-12H,10H2,1-4H3,(H2,28,29,30,31). The van der Waals surface area contributed by atoms with Crippen LogP contribution in [0.2, 0.25) is 0 Å². The molecule has 0 unspecified atom stereocenters. The van der Waals surface area contributed by atoms with E-state index in [0.29, 0.717) is 12.5 Å². The van der Waals surface area contributed by atoms with E-state index >= 15 is 0 Å². The van der Waals surface area contributed by atoms with Crippen LogP contribution in [0.25, 0.3) is 0 Å². The molecule has 3 rings (SSSR count). The first-order valence-corrected chi connectivity index (χ1v) is 11.4. The van der Waals surface area contributed by atoms with Gasteiger partial charge in [-0.25, -0.2) is 9.37 Å². The molecule has 12 heteroatoms. The van der Waals surface area contributed by atoms with Gasteiger partial charge in [0.1, 0.15) is 22.9 Å². The zero-order chi connectivity index (χ0) is 25.8. The molecule has 0 fully saturated rings. The number of aldehydes is 1. The Kier molecular flexibility index (Phi) is 8.05. The van der Waals surface area contributed by atoms with Gasteiger partial charge < -0.3 is 19.7 Å². The Labute approximate surface area is 204 Å². The molecular formula is C23H23F4N5O2S. The second kappa shape index (κ2) is 10.8. The topological polar surface area (TPSA) is 79.4 Å². The van der Waals surface area contributed by atoms with Gasteiger partial charge in [0.25, 0.3) is 0 Å². The molecule has 0 bridgehead atoms. The van der Waals surface area contributed by atoms with Crippen LogP contribution in [0.5, 0.6) is 5.75 Å². The summed E-state index contributed by atoms with van der Waals surface area (Å²) in [7, 11) is 3.16.